The number of aromatic nitrogens is 1. The summed E-state index contributed by atoms with van der Waals surface area (Å²) in [7, 11) is 2.68. The van der Waals surface area contributed by atoms with Crippen molar-refractivity contribution in [2.24, 2.45) is 0 Å². The highest BCUT2D eigenvalue weighted by Gasteiger charge is 2.36. The Morgan fingerprint density at radius 2 is 1.82 bits per heavy atom. The van der Waals surface area contributed by atoms with Crippen LogP contribution in [0.25, 0.3) is 11.1 Å². The van der Waals surface area contributed by atoms with Crippen molar-refractivity contribution in [3.8, 4) is 16.9 Å². The van der Waals surface area contributed by atoms with Crippen molar-refractivity contribution in [2.45, 2.75) is 32.7 Å². The highest BCUT2D eigenvalue weighted by Crippen LogP contribution is 2.39. The van der Waals surface area contributed by atoms with Crippen LogP contribution in [0.3, 0.4) is 0 Å². The zero-order valence-corrected chi connectivity index (χ0v) is 19.4. The van der Waals surface area contributed by atoms with Crippen LogP contribution in [0, 0.1) is 6.92 Å². The minimum Gasteiger partial charge on any atom is -0.496 e. The van der Waals surface area contributed by atoms with Gasteiger partial charge in [0.05, 0.1) is 19.6 Å². The summed E-state index contributed by atoms with van der Waals surface area (Å²) in [6, 6.07) is 15.2. The second-order valence-corrected chi connectivity index (χ2v) is 8.30. The molecule has 0 saturated carbocycles. The van der Waals surface area contributed by atoms with Gasteiger partial charge in [0.2, 0.25) is 0 Å². The summed E-state index contributed by atoms with van der Waals surface area (Å²) in [5.74, 6) is -0.823. The minimum atomic E-state index is -1.15. The van der Waals surface area contributed by atoms with E-state index in [4.69, 9.17) is 9.47 Å². The first kappa shape index (κ1) is 23.8. The first-order valence-corrected chi connectivity index (χ1v) is 10.5. The number of rotatable bonds is 8. The molecule has 2 aromatic carbocycles. The third-order valence-electron chi connectivity index (χ3n) is 5.55. The van der Waals surface area contributed by atoms with Crippen LogP contribution in [0.1, 0.15) is 40.9 Å². The summed E-state index contributed by atoms with van der Waals surface area (Å²) in [5.41, 5.74) is 2.93. The molecule has 0 unspecified atom stereocenters. The lowest BCUT2D eigenvalue weighted by atomic mass is 9.81. The van der Waals surface area contributed by atoms with E-state index in [1.807, 2.05) is 37.3 Å². The average Bonchev–Trinajstić information content (AvgIpc) is 2.81. The van der Waals surface area contributed by atoms with E-state index in [2.05, 4.69) is 16.4 Å². The van der Waals surface area contributed by atoms with Crippen LogP contribution in [0.5, 0.6) is 5.75 Å². The van der Waals surface area contributed by atoms with Crippen LogP contribution in [-0.4, -0.2) is 36.2 Å². The Labute approximate surface area is 193 Å². The van der Waals surface area contributed by atoms with Gasteiger partial charge >= 0.3 is 11.9 Å². The quantitative estimate of drug-likeness (QED) is 0.477. The van der Waals surface area contributed by atoms with Crippen molar-refractivity contribution in [3.63, 3.8) is 0 Å². The second-order valence-electron chi connectivity index (χ2n) is 8.30. The van der Waals surface area contributed by atoms with Crippen molar-refractivity contribution < 1.29 is 24.2 Å². The fourth-order valence-corrected chi connectivity index (χ4v) is 3.69. The molecule has 3 aromatic rings. The standard InChI is InChI=1S/C26H28N2O5/c1-16-7-6-8-17(11-16)14-27-22-10-9-18(15-28-22)19-12-20(24(29)30)23(32-4)21(13-19)26(2,3)25(31)33-5/h6-13,15H,14H2,1-5H3,(H,27,28)(H,29,30). The highest BCUT2D eigenvalue weighted by atomic mass is 16.5. The van der Waals surface area contributed by atoms with Crippen LogP contribution in [0.2, 0.25) is 0 Å². The number of aryl methyl sites for hydroxylation is 1. The summed E-state index contributed by atoms with van der Waals surface area (Å²) >= 11 is 0. The van der Waals surface area contributed by atoms with Crippen LogP contribution in [-0.2, 0) is 21.5 Å². The Morgan fingerprint density at radius 3 is 2.39 bits per heavy atom. The average molecular weight is 449 g/mol. The first-order valence-electron chi connectivity index (χ1n) is 10.5. The zero-order chi connectivity index (χ0) is 24.2. The summed E-state index contributed by atoms with van der Waals surface area (Å²) in [6.07, 6.45) is 1.67. The third kappa shape index (κ3) is 5.14. The molecule has 7 nitrogen and oxygen atoms in total. The van der Waals surface area contributed by atoms with Gasteiger partial charge in [0.15, 0.2) is 0 Å². The van der Waals surface area contributed by atoms with Crippen molar-refractivity contribution in [2.75, 3.05) is 19.5 Å². The molecule has 1 aromatic heterocycles. The Kier molecular flexibility index (Phi) is 7.01. The fourth-order valence-electron chi connectivity index (χ4n) is 3.69. The van der Waals surface area contributed by atoms with Gasteiger partial charge in [0.25, 0.3) is 0 Å². The number of nitrogens with zero attached hydrogens (tertiary/aromatic N) is 1. The molecule has 0 aliphatic heterocycles. The molecule has 0 spiro atoms. The summed E-state index contributed by atoms with van der Waals surface area (Å²) < 4.78 is 10.3. The predicted octanol–water partition coefficient (Wildman–Crippen LogP) is 4.83. The predicted molar refractivity (Wildman–Crippen MR) is 127 cm³/mol. The van der Waals surface area contributed by atoms with E-state index in [1.54, 1.807) is 26.1 Å². The molecular formula is C26H28N2O5. The zero-order valence-electron chi connectivity index (χ0n) is 19.4. The third-order valence-corrected chi connectivity index (χ3v) is 5.55. The number of ether oxygens (including phenoxy) is 2. The van der Waals surface area contributed by atoms with Gasteiger partial charge in [-0.05, 0) is 56.2 Å². The van der Waals surface area contributed by atoms with Crippen molar-refractivity contribution in [1.29, 1.82) is 0 Å². The van der Waals surface area contributed by atoms with E-state index in [9.17, 15) is 14.7 Å². The van der Waals surface area contributed by atoms with E-state index >= 15 is 0 Å². The van der Waals surface area contributed by atoms with E-state index in [0.29, 0.717) is 29.1 Å². The number of anilines is 1. The summed E-state index contributed by atoms with van der Waals surface area (Å²) in [6.45, 7) is 6.02. The van der Waals surface area contributed by atoms with Gasteiger partial charge in [-0.3, -0.25) is 4.79 Å². The van der Waals surface area contributed by atoms with Gasteiger partial charge in [-0.15, -0.1) is 0 Å². The molecule has 1 heterocycles. The number of benzene rings is 2. The van der Waals surface area contributed by atoms with Crippen LogP contribution < -0.4 is 10.1 Å². The Hall–Kier alpha value is -3.87. The van der Waals surface area contributed by atoms with Crippen LogP contribution in [0.4, 0.5) is 5.82 Å². The molecule has 0 aliphatic rings. The van der Waals surface area contributed by atoms with Crippen molar-refractivity contribution >= 4 is 17.8 Å². The first-order chi connectivity index (χ1) is 15.7. The van der Waals surface area contributed by atoms with Gasteiger partial charge in [0, 0.05) is 23.9 Å². The number of carbonyl (C=O) groups is 2. The van der Waals surface area contributed by atoms with E-state index < -0.39 is 17.4 Å². The van der Waals surface area contributed by atoms with Crippen molar-refractivity contribution in [1.82, 2.24) is 4.98 Å². The number of nitrogens with one attached hydrogen (secondary N) is 1. The normalized spacial score (nSPS) is 11.1. The molecule has 0 saturated heterocycles. The Morgan fingerprint density at radius 1 is 1.06 bits per heavy atom. The van der Waals surface area contributed by atoms with Gasteiger partial charge in [-0.2, -0.15) is 0 Å². The Bertz CT molecular complexity index is 1170. The summed E-state index contributed by atoms with van der Waals surface area (Å²) in [4.78, 5) is 28.9. The summed E-state index contributed by atoms with van der Waals surface area (Å²) in [5, 5.41) is 13.1. The van der Waals surface area contributed by atoms with Crippen LogP contribution in [0.15, 0.2) is 54.7 Å². The largest absolute Gasteiger partial charge is 0.496 e. The monoisotopic (exact) mass is 448 g/mol. The second kappa shape index (κ2) is 9.73. The maximum Gasteiger partial charge on any atom is 0.339 e. The molecular weight excluding hydrogens is 420 g/mol. The van der Waals surface area contributed by atoms with Crippen LogP contribution >= 0.6 is 0 Å². The molecule has 172 valence electrons. The number of aromatic carboxylic acids is 1. The number of pyridine rings is 1. The maximum atomic E-state index is 12.4. The van der Waals surface area contributed by atoms with Crippen molar-refractivity contribution in [3.05, 3.63) is 77.0 Å². The molecule has 33 heavy (non-hydrogen) atoms. The molecule has 2 N–H and O–H groups in total. The molecule has 0 radical (unpaired) electrons. The van der Waals surface area contributed by atoms with Gasteiger partial charge in [0.1, 0.15) is 17.1 Å². The number of hydrogen-bond acceptors (Lipinski definition) is 6. The number of esters is 1. The van der Waals surface area contributed by atoms with Gasteiger partial charge in [-0.1, -0.05) is 29.8 Å². The van der Waals surface area contributed by atoms with E-state index in [-0.39, 0.29) is 11.3 Å². The number of methoxy groups -OCH3 is 2. The fraction of sp³-hybridized carbons (Fsp3) is 0.269. The topological polar surface area (TPSA) is 97.8 Å². The lowest BCUT2D eigenvalue weighted by Crippen LogP contribution is -2.31. The molecule has 0 amide bonds. The highest BCUT2D eigenvalue weighted by molar-refractivity contribution is 5.95. The van der Waals surface area contributed by atoms with Gasteiger partial charge < -0.3 is 19.9 Å². The number of hydrogen-bond donors (Lipinski definition) is 2. The number of carboxylic acid groups (broad SMARTS) is 1. The lowest BCUT2D eigenvalue weighted by molar-refractivity contribution is -0.146. The molecule has 7 heteroatoms. The lowest BCUT2D eigenvalue weighted by Gasteiger charge is -2.26. The SMILES string of the molecule is COC(=O)C(C)(C)c1cc(-c2ccc(NCc3cccc(C)c3)nc2)cc(C(=O)O)c1OC. The molecule has 3 rings (SSSR count). The maximum absolute atomic E-state index is 12.4. The molecule has 0 fully saturated rings. The Balaban J connectivity index is 1.96. The smallest absolute Gasteiger partial charge is 0.339 e. The van der Waals surface area contributed by atoms with E-state index in [0.717, 1.165) is 5.56 Å². The molecule has 0 bridgehead atoms. The number of carbonyl (C=O) groups excluding carboxylic acids is 1. The molecule has 0 aliphatic carbocycles. The number of carboxylic acids is 1. The van der Waals surface area contributed by atoms with E-state index in [1.165, 1.54) is 25.8 Å². The van der Waals surface area contributed by atoms with Gasteiger partial charge in [-0.25, -0.2) is 9.78 Å². The molecule has 0 atom stereocenters. The minimum absolute atomic E-state index is 0.0383.